The quantitative estimate of drug-likeness (QED) is 0.457. The summed E-state index contributed by atoms with van der Waals surface area (Å²) in [6.45, 7) is 3.86. The maximum absolute atomic E-state index is 12.2. The van der Waals surface area contributed by atoms with Crippen LogP contribution in [0.25, 0.3) is 0 Å². The van der Waals surface area contributed by atoms with Gasteiger partial charge in [-0.2, -0.15) is 0 Å². The predicted molar refractivity (Wildman–Crippen MR) is 74.7 cm³/mol. The zero-order chi connectivity index (χ0) is 15.6. The molecular formula is C15H17ClO5. The summed E-state index contributed by atoms with van der Waals surface area (Å²) in [7, 11) is 0. The molecule has 1 fully saturated rings. The molecule has 0 saturated carbocycles. The van der Waals surface area contributed by atoms with Crippen molar-refractivity contribution in [2.24, 2.45) is 23.2 Å². The number of alkyl halides is 1. The number of hydrogen-bond acceptors (Lipinski definition) is 4. The Balaban J connectivity index is 2.23. The first kappa shape index (κ1) is 14.6. The first-order valence-electron chi connectivity index (χ1n) is 6.89. The van der Waals surface area contributed by atoms with E-state index in [1.165, 1.54) is 0 Å². The molecule has 21 heavy (non-hydrogen) atoms. The summed E-state index contributed by atoms with van der Waals surface area (Å²) in [5, 5.41) is 20.4. The fraction of sp³-hybridized carbons (Fsp3) is 0.600. The summed E-state index contributed by atoms with van der Waals surface area (Å²) in [5.41, 5.74) is -1.68. The highest BCUT2D eigenvalue weighted by atomic mass is 35.5. The molecule has 5 atom stereocenters. The molecule has 0 aromatic rings. The molecule has 5 unspecified atom stereocenters. The lowest BCUT2D eigenvalue weighted by atomic mass is 9.59. The Morgan fingerprint density at radius 1 is 1.57 bits per heavy atom. The Kier molecular flexibility index (Phi) is 3.01. The third-order valence-electron chi connectivity index (χ3n) is 5.46. The number of carbonyl (C=O) groups excluding carboxylic acids is 1. The predicted octanol–water partition coefficient (Wildman–Crippen LogP) is 1.35. The van der Waals surface area contributed by atoms with E-state index >= 15 is 0 Å². The summed E-state index contributed by atoms with van der Waals surface area (Å²) in [4.78, 5) is 23.7. The second-order valence-corrected chi connectivity index (χ2v) is 6.48. The Hall–Kier alpha value is -1.33. The van der Waals surface area contributed by atoms with Gasteiger partial charge in [-0.3, -0.25) is 0 Å². The van der Waals surface area contributed by atoms with Crippen molar-refractivity contribution in [1.82, 2.24) is 0 Å². The molecule has 1 heterocycles. The minimum Gasteiger partial charge on any atom is -0.478 e. The lowest BCUT2D eigenvalue weighted by Gasteiger charge is -2.49. The van der Waals surface area contributed by atoms with Gasteiger partial charge in [-0.1, -0.05) is 24.6 Å². The van der Waals surface area contributed by atoms with E-state index in [1.54, 1.807) is 6.08 Å². The highest BCUT2D eigenvalue weighted by Gasteiger charge is 2.70. The molecule has 3 rings (SSSR count). The van der Waals surface area contributed by atoms with Crippen LogP contribution in [0.2, 0.25) is 0 Å². The molecule has 1 aliphatic heterocycles. The van der Waals surface area contributed by atoms with Crippen molar-refractivity contribution in [2.45, 2.75) is 19.4 Å². The molecule has 6 heteroatoms. The van der Waals surface area contributed by atoms with Crippen LogP contribution in [0.15, 0.2) is 23.3 Å². The van der Waals surface area contributed by atoms with Crippen molar-refractivity contribution in [3.63, 3.8) is 0 Å². The lowest BCUT2D eigenvalue weighted by molar-refractivity contribution is -0.199. The summed E-state index contributed by atoms with van der Waals surface area (Å²) in [5.74, 6) is -2.91. The van der Waals surface area contributed by atoms with E-state index in [2.05, 4.69) is 0 Å². The lowest BCUT2D eigenvalue weighted by Crippen LogP contribution is -2.64. The molecular weight excluding hydrogens is 296 g/mol. The van der Waals surface area contributed by atoms with E-state index in [1.807, 2.05) is 19.9 Å². The number of allylic oxidation sites excluding steroid dienone is 2. The minimum atomic E-state index is -1.90. The number of cyclic esters (lactones) is 1. The van der Waals surface area contributed by atoms with Gasteiger partial charge in [0, 0.05) is 16.9 Å². The molecule has 2 N–H and O–H groups in total. The molecule has 2 aliphatic carbocycles. The monoisotopic (exact) mass is 312 g/mol. The van der Waals surface area contributed by atoms with Crippen molar-refractivity contribution in [1.29, 1.82) is 0 Å². The van der Waals surface area contributed by atoms with Crippen molar-refractivity contribution < 1.29 is 24.5 Å². The van der Waals surface area contributed by atoms with E-state index in [0.717, 1.165) is 5.57 Å². The van der Waals surface area contributed by atoms with Crippen molar-refractivity contribution in [3.8, 4) is 0 Å². The van der Waals surface area contributed by atoms with Crippen LogP contribution < -0.4 is 0 Å². The van der Waals surface area contributed by atoms with Crippen LogP contribution in [0, 0.1) is 23.2 Å². The Labute approximate surface area is 127 Å². The first-order chi connectivity index (χ1) is 9.79. The number of carboxylic acids is 1. The van der Waals surface area contributed by atoms with Gasteiger partial charge in [0.15, 0.2) is 5.60 Å². The molecule has 5 nitrogen and oxygen atoms in total. The van der Waals surface area contributed by atoms with Crippen LogP contribution in [0.4, 0.5) is 0 Å². The normalized spacial score (nSPS) is 44.6. The van der Waals surface area contributed by atoms with Gasteiger partial charge in [0.25, 0.3) is 0 Å². The number of hydrogen-bond donors (Lipinski definition) is 2. The summed E-state index contributed by atoms with van der Waals surface area (Å²) >= 11 is 5.92. The molecule has 1 spiro atoms. The molecule has 114 valence electrons. The third kappa shape index (κ3) is 1.51. The maximum Gasteiger partial charge on any atom is 0.340 e. The van der Waals surface area contributed by atoms with Crippen LogP contribution in [-0.4, -0.2) is 40.2 Å². The van der Waals surface area contributed by atoms with Gasteiger partial charge in [0.1, 0.15) is 0 Å². The fourth-order valence-electron chi connectivity index (χ4n) is 4.24. The van der Waals surface area contributed by atoms with E-state index in [9.17, 15) is 19.8 Å². The molecule has 3 aliphatic rings. The van der Waals surface area contributed by atoms with Gasteiger partial charge >= 0.3 is 11.9 Å². The Morgan fingerprint density at radius 2 is 2.24 bits per heavy atom. The van der Waals surface area contributed by atoms with Gasteiger partial charge in [-0.05, 0) is 18.8 Å². The third-order valence-corrected chi connectivity index (χ3v) is 5.85. The number of aliphatic hydroxyl groups is 1. The van der Waals surface area contributed by atoms with E-state index < -0.39 is 28.9 Å². The number of halogens is 1. The number of ether oxygens (including phenoxy) is 1. The Morgan fingerprint density at radius 3 is 2.81 bits per heavy atom. The SMILES string of the molecule is CC1=CC23C(COC(=O)C2(O)CCl)C(C(=O)O)=CC3C1C. The molecule has 0 bridgehead atoms. The van der Waals surface area contributed by atoms with Gasteiger partial charge < -0.3 is 14.9 Å². The smallest absolute Gasteiger partial charge is 0.340 e. The van der Waals surface area contributed by atoms with Crippen molar-refractivity contribution in [3.05, 3.63) is 23.3 Å². The van der Waals surface area contributed by atoms with Crippen LogP contribution >= 0.6 is 11.6 Å². The average molecular weight is 313 g/mol. The summed E-state index contributed by atoms with van der Waals surface area (Å²) in [6.07, 6.45) is 3.52. The average Bonchev–Trinajstić information content (AvgIpc) is 2.89. The summed E-state index contributed by atoms with van der Waals surface area (Å²) < 4.78 is 5.05. The highest BCUT2D eigenvalue weighted by molar-refractivity contribution is 6.20. The van der Waals surface area contributed by atoms with Crippen molar-refractivity contribution in [2.75, 3.05) is 12.5 Å². The van der Waals surface area contributed by atoms with Gasteiger partial charge in [0.2, 0.25) is 0 Å². The minimum absolute atomic E-state index is 0.0385. The van der Waals surface area contributed by atoms with E-state index in [0.29, 0.717) is 0 Å². The standard InChI is InChI=1S/C15H17ClO5/c1-7-4-14-10(8(7)2)3-9(12(17)18)11(14)5-21-13(19)15(14,20)6-16/h3-4,8,10-11,20H,5-6H2,1-2H3,(H,17,18). The van der Waals surface area contributed by atoms with Gasteiger partial charge in [0.05, 0.1) is 12.5 Å². The maximum atomic E-state index is 12.2. The van der Waals surface area contributed by atoms with Crippen LogP contribution in [0.1, 0.15) is 13.8 Å². The molecule has 0 amide bonds. The second kappa shape index (κ2) is 4.34. The molecule has 1 saturated heterocycles. The molecule has 0 aromatic carbocycles. The zero-order valence-electron chi connectivity index (χ0n) is 11.8. The zero-order valence-corrected chi connectivity index (χ0v) is 12.6. The second-order valence-electron chi connectivity index (χ2n) is 6.21. The Bertz CT molecular complexity index is 595. The van der Waals surface area contributed by atoms with Crippen LogP contribution in [0.3, 0.4) is 0 Å². The first-order valence-corrected chi connectivity index (χ1v) is 7.43. The number of carboxylic acid groups (broad SMARTS) is 1. The number of carbonyl (C=O) groups is 2. The highest BCUT2D eigenvalue weighted by Crippen LogP contribution is 2.64. The largest absolute Gasteiger partial charge is 0.478 e. The number of aliphatic carboxylic acids is 1. The summed E-state index contributed by atoms with van der Waals surface area (Å²) in [6, 6.07) is 0. The van der Waals surface area contributed by atoms with E-state index in [-0.39, 0.29) is 29.9 Å². The van der Waals surface area contributed by atoms with Crippen molar-refractivity contribution >= 4 is 23.5 Å². The topological polar surface area (TPSA) is 83.8 Å². The molecule has 0 radical (unpaired) electrons. The molecule has 0 aromatic heterocycles. The van der Waals surface area contributed by atoms with Crippen LogP contribution in [0.5, 0.6) is 0 Å². The fourth-order valence-corrected chi connectivity index (χ4v) is 4.58. The van der Waals surface area contributed by atoms with E-state index in [4.69, 9.17) is 16.3 Å². The van der Waals surface area contributed by atoms with Gasteiger partial charge in [-0.15, -0.1) is 11.6 Å². The number of esters is 1. The van der Waals surface area contributed by atoms with Crippen LogP contribution in [-0.2, 0) is 14.3 Å². The number of rotatable bonds is 2. The van der Waals surface area contributed by atoms with Gasteiger partial charge in [-0.25, -0.2) is 9.59 Å².